The predicted molar refractivity (Wildman–Crippen MR) is 101 cm³/mol. The zero-order valence-electron chi connectivity index (χ0n) is 14.5. The first kappa shape index (κ1) is 24.5. The summed E-state index contributed by atoms with van der Waals surface area (Å²) in [5, 5.41) is 4.79. The molecule has 0 radical (unpaired) electrons. The molecule has 4 amide bonds. The summed E-state index contributed by atoms with van der Waals surface area (Å²) in [4.78, 5) is 43.5. The fraction of sp³-hybridized carbons (Fsp3) is 0.714. The van der Waals surface area contributed by atoms with Gasteiger partial charge in [-0.2, -0.15) is 0 Å². The molecule has 26 heavy (non-hydrogen) atoms. The fourth-order valence-corrected chi connectivity index (χ4v) is 2.70. The molecule has 0 rings (SSSR count). The SMILES string of the molecule is NC(=O)CNC(=O)CSCCOCCOCCSCC(=O)NCC(N)=O. The summed E-state index contributed by atoms with van der Waals surface area (Å²) in [6.07, 6.45) is 0. The van der Waals surface area contributed by atoms with Crippen molar-refractivity contribution in [1.29, 1.82) is 0 Å². The highest BCUT2D eigenvalue weighted by atomic mass is 32.2. The molecule has 0 heterocycles. The summed E-state index contributed by atoms with van der Waals surface area (Å²) in [7, 11) is 0. The Morgan fingerprint density at radius 1 is 0.692 bits per heavy atom. The van der Waals surface area contributed by atoms with Gasteiger partial charge in [-0.25, -0.2) is 0 Å². The van der Waals surface area contributed by atoms with Crippen LogP contribution in [-0.2, 0) is 28.7 Å². The Kier molecular flexibility index (Phi) is 16.0. The molecule has 0 unspecified atom stereocenters. The van der Waals surface area contributed by atoms with Gasteiger partial charge >= 0.3 is 0 Å². The molecule has 0 aliphatic carbocycles. The number of primary amides is 2. The van der Waals surface area contributed by atoms with Crippen LogP contribution in [0, 0.1) is 0 Å². The Labute approximate surface area is 160 Å². The molecule has 0 aliphatic heterocycles. The molecule has 10 nitrogen and oxygen atoms in total. The molecule has 0 aromatic rings. The van der Waals surface area contributed by atoms with Gasteiger partial charge in [-0.05, 0) is 0 Å². The van der Waals surface area contributed by atoms with E-state index in [-0.39, 0.29) is 36.4 Å². The molecule has 0 bridgehead atoms. The molecule has 0 spiro atoms. The first-order valence-electron chi connectivity index (χ1n) is 7.82. The van der Waals surface area contributed by atoms with Crippen molar-refractivity contribution in [3.63, 3.8) is 0 Å². The van der Waals surface area contributed by atoms with Gasteiger partial charge in [0.25, 0.3) is 0 Å². The van der Waals surface area contributed by atoms with Crippen molar-refractivity contribution in [2.75, 3.05) is 62.5 Å². The van der Waals surface area contributed by atoms with Gasteiger partial charge < -0.3 is 31.6 Å². The number of thioether (sulfide) groups is 2. The van der Waals surface area contributed by atoms with Crippen LogP contribution < -0.4 is 22.1 Å². The van der Waals surface area contributed by atoms with E-state index in [1.54, 1.807) is 0 Å². The third kappa shape index (κ3) is 18.8. The van der Waals surface area contributed by atoms with Crippen molar-refractivity contribution < 1.29 is 28.7 Å². The number of amides is 4. The van der Waals surface area contributed by atoms with Crippen LogP contribution in [-0.4, -0.2) is 86.2 Å². The van der Waals surface area contributed by atoms with E-state index in [4.69, 9.17) is 20.9 Å². The van der Waals surface area contributed by atoms with Gasteiger partial charge in [0.15, 0.2) is 0 Å². The van der Waals surface area contributed by atoms with Gasteiger partial charge in [0.05, 0.1) is 51.0 Å². The minimum atomic E-state index is -0.573. The number of carbonyl (C=O) groups excluding carboxylic acids is 4. The summed E-state index contributed by atoms with van der Waals surface area (Å²) in [5.41, 5.74) is 9.82. The number of ether oxygens (including phenoxy) is 2. The molecule has 150 valence electrons. The smallest absolute Gasteiger partial charge is 0.236 e. The third-order valence-corrected chi connectivity index (χ3v) is 4.35. The average Bonchev–Trinajstić information content (AvgIpc) is 2.59. The summed E-state index contributed by atoms with van der Waals surface area (Å²) >= 11 is 2.79. The molecule has 0 aromatic heterocycles. The Balaban J connectivity index is 3.24. The molecule has 0 atom stereocenters. The van der Waals surface area contributed by atoms with Crippen LogP contribution in [0.3, 0.4) is 0 Å². The van der Waals surface area contributed by atoms with Crippen LogP contribution in [0.2, 0.25) is 0 Å². The molecule has 12 heteroatoms. The number of hydrogen-bond acceptors (Lipinski definition) is 8. The first-order chi connectivity index (χ1) is 12.4. The summed E-state index contributed by atoms with van der Waals surface area (Å²) in [6, 6.07) is 0. The van der Waals surface area contributed by atoms with E-state index in [2.05, 4.69) is 10.6 Å². The van der Waals surface area contributed by atoms with Gasteiger partial charge in [0.2, 0.25) is 23.6 Å². The van der Waals surface area contributed by atoms with Crippen LogP contribution in [0.15, 0.2) is 0 Å². The summed E-state index contributed by atoms with van der Waals surface area (Å²) in [5.74, 6) is 0.179. The minimum Gasteiger partial charge on any atom is -0.378 e. The van der Waals surface area contributed by atoms with E-state index in [0.717, 1.165) is 0 Å². The molecule has 0 aromatic carbocycles. The Bertz CT molecular complexity index is 413. The molecule has 0 saturated carbocycles. The maximum absolute atomic E-state index is 11.3. The van der Waals surface area contributed by atoms with Gasteiger partial charge in [-0.1, -0.05) is 0 Å². The van der Waals surface area contributed by atoms with E-state index in [1.165, 1.54) is 23.5 Å². The van der Waals surface area contributed by atoms with Crippen molar-refractivity contribution in [2.24, 2.45) is 11.5 Å². The molecule has 6 N–H and O–H groups in total. The topological polar surface area (TPSA) is 163 Å². The second-order valence-corrected chi connectivity index (χ2v) is 7.03. The van der Waals surface area contributed by atoms with E-state index in [1.807, 2.05) is 0 Å². The van der Waals surface area contributed by atoms with E-state index in [0.29, 0.717) is 37.9 Å². The third-order valence-electron chi connectivity index (χ3n) is 2.50. The van der Waals surface area contributed by atoms with Gasteiger partial charge in [0, 0.05) is 11.5 Å². The lowest BCUT2D eigenvalue weighted by Gasteiger charge is -2.06. The first-order valence-corrected chi connectivity index (χ1v) is 10.1. The number of carbonyl (C=O) groups is 4. The summed E-state index contributed by atoms with van der Waals surface area (Å²) in [6.45, 7) is 1.57. The van der Waals surface area contributed by atoms with Crippen LogP contribution in [0.4, 0.5) is 0 Å². The number of rotatable bonds is 17. The van der Waals surface area contributed by atoms with Crippen molar-refractivity contribution in [3.05, 3.63) is 0 Å². The lowest BCUT2D eigenvalue weighted by molar-refractivity contribution is -0.123. The molecular weight excluding hydrogens is 384 g/mol. The van der Waals surface area contributed by atoms with Crippen LogP contribution in [0.5, 0.6) is 0 Å². The summed E-state index contributed by atoms with van der Waals surface area (Å²) < 4.78 is 10.7. The van der Waals surface area contributed by atoms with Crippen molar-refractivity contribution in [1.82, 2.24) is 10.6 Å². The van der Waals surface area contributed by atoms with Gasteiger partial charge in [-0.3, -0.25) is 19.2 Å². The van der Waals surface area contributed by atoms with Gasteiger partial charge in [0.1, 0.15) is 0 Å². The number of nitrogens with one attached hydrogen (secondary N) is 2. The van der Waals surface area contributed by atoms with E-state index < -0.39 is 11.8 Å². The zero-order valence-corrected chi connectivity index (χ0v) is 16.1. The Hall–Kier alpha value is -1.50. The van der Waals surface area contributed by atoms with Crippen LogP contribution in [0.1, 0.15) is 0 Å². The number of hydrogen-bond donors (Lipinski definition) is 4. The highest BCUT2D eigenvalue weighted by molar-refractivity contribution is 8.00. The highest BCUT2D eigenvalue weighted by Crippen LogP contribution is 2.00. The van der Waals surface area contributed by atoms with Crippen LogP contribution in [0.25, 0.3) is 0 Å². The quantitative estimate of drug-likeness (QED) is 0.194. The number of nitrogens with two attached hydrogens (primary N) is 2. The largest absolute Gasteiger partial charge is 0.378 e. The maximum Gasteiger partial charge on any atom is 0.236 e. The monoisotopic (exact) mass is 410 g/mol. The zero-order chi connectivity index (χ0) is 19.6. The van der Waals surface area contributed by atoms with Crippen molar-refractivity contribution >= 4 is 47.2 Å². The lowest BCUT2D eigenvalue weighted by Crippen LogP contribution is -2.34. The normalized spacial score (nSPS) is 10.3. The second-order valence-electron chi connectivity index (χ2n) is 4.82. The van der Waals surface area contributed by atoms with E-state index >= 15 is 0 Å². The lowest BCUT2D eigenvalue weighted by atomic mass is 10.6. The van der Waals surface area contributed by atoms with Gasteiger partial charge in [-0.15, -0.1) is 23.5 Å². The molecule has 0 fully saturated rings. The maximum atomic E-state index is 11.3. The predicted octanol–water partition coefficient (Wildman–Crippen LogP) is -2.31. The van der Waals surface area contributed by atoms with Crippen molar-refractivity contribution in [3.8, 4) is 0 Å². The average molecular weight is 411 g/mol. The Morgan fingerprint density at radius 3 is 1.42 bits per heavy atom. The Morgan fingerprint density at radius 2 is 1.08 bits per heavy atom. The van der Waals surface area contributed by atoms with Crippen molar-refractivity contribution in [2.45, 2.75) is 0 Å². The van der Waals surface area contributed by atoms with Crippen LogP contribution >= 0.6 is 23.5 Å². The fourth-order valence-electron chi connectivity index (χ4n) is 1.36. The minimum absolute atomic E-state index is 0.149. The molecular formula is C14H26N4O6S2. The second kappa shape index (κ2) is 16.9. The standard InChI is InChI=1S/C14H26N4O6S2/c15-11(19)7-17-13(21)9-25-5-3-23-1-2-24-4-6-26-10-14(22)18-8-12(16)20/h1-10H2,(H2,15,19)(H2,16,20)(H,17,21)(H,18,22). The molecule has 0 saturated heterocycles. The molecule has 0 aliphatic rings. The van der Waals surface area contributed by atoms with E-state index in [9.17, 15) is 19.2 Å². The highest BCUT2D eigenvalue weighted by Gasteiger charge is 2.03.